The van der Waals surface area contributed by atoms with E-state index in [0.29, 0.717) is 27.3 Å². The maximum atomic E-state index is 13.5. The molecule has 166 valence electrons. The predicted molar refractivity (Wildman–Crippen MR) is 133 cm³/mol. The van der Waals surface area contributed by atoms with E-state index in [1.807, 2.05) is 44.2 Å². The van der Waals surface area contributed by atoms with Crippen LogP contribution in [0.2, 0.25) is 0 Å². The lowest BCUT2D eigenvalue weighted by Gasteiger charge is -2.17. The van der Waals surface area contributed by atoms with Crippen molar-refractivity contribution in [1.29, 1.82) is 0 Å². The lowest BCUT2D eigenvalue weighted by Crippen LogP contribution is -2.24. The number of aryl methyl sites for hydroxylation is 2. The van der Waals surface area contributed by atoms with Crippen LogP contribution >= 0.6 is 11.8 Å². The van der Waals surface area contributed by atoms with E-state index in [9.17, 15) is 14.4 Å². The second-order valence-electron chi connectivity index (χ2n) is 7.73. The molecule has 7 heteroatoms. The van der Waals surface area contributed by atoms with Gasteiger partial charge in [0.2, 0.25) is 5.91 Å². The normalized spacial score (nSPS) is 10.9. The van der Waals surface area contributed by atoms with Gasteiger partial charge < -0.3 is 5.32 Å². The fourth-order valence-corrected chi connectivity index (χ4v) is 4.58. The number of carbonyl (C=O) groups is 2. The van der Waals surface area contributed by atoms with Crippen molar-refractivity contribution in [2.75, 3.05) is 11.1 Å². The number of thioether (sulfide) groups is 1. The zero-order chi connectivity index (χ0) is 23.5. The molecule has 1 N–H and O–H groups in total. The van der Waals surface area contributed by atoms with Gasteiger partial charge in [-0.3, -0.25) is 19.0 Å². The van der Waals surface area contributed by atoms with Crippen LogP contribution in [0.25, 0.3) is 16.6 Å². The smallest absolute Gasteiger partial charge is 0.266 e. The average molecular weight is 458 g/mol. The molecular weight excluding hydrogens is 434 g/mol. The van der Waals surface area contributed by atoms with Crippen molar-refractivity contribution in [2.24, 2.45) is 0 Å². The van der Waals surface area contributed by atoms with Gasteiger partial charge in [-0.2, -0.15) is 0 Å². The maximum Gasteiger partial charge on any atom is 0.266 e. The molecule has 3 aromatic carbocycles. The van der Waals surface area contributed by atoms with Gasteiger partial charge in [0.25, 0.3) is 5.56 Å². The Labute approximate surface area is 195 Å². The molecule has 1 aromatic heterocycles. The quantitative estimate of drug-likeness (QED) is 0.252. The fraction of sp³-hybridized carbons (Fsp3) is 0.154. The number of ketones is 1. The highest BCUT2D eigenvalue weighted by Gasteiger charge is 2.18. The molecule has 4 rings (SSSR count). The van der Waals surface area contributed by atoms with Crippen molar-refractivity contribution >= 4 is 40.0 Å². The number of Topliss-reactive ketones (excluding diaryl/α,β-unsaturated/α-hetero) is 1. The number of amides is 1. The Bertz CT molecular complexity index is 1420. The second-order valence-corrected chi connectivity index (χ2v) is 8.67. The molecule has 0 unspecified atom stereocenters. The Morgan fingerprint density at radius 1 is 0.939 bits per heavy atom. The van der Waals surface area contributed by atoms with Gasteiger partial charge in [-0.15, -0.1) is 0 Å². The van der Waals surface area contributed by atoms with Crippen LogP contribution in [0.1, 0.15) is 28.4 Å². The first kappa shape index (κ1) is 22.5. The van der Waals surface area contributed by atoms with E-state index >= 15 is 0 Å². The number of fused-ring (bicyclic) bond motifs is 1. The van der Waals surface area contributed by atoms with E-state index in [0.717, 1.165) is 16.8 Å². The van der Waals surface area contributed by atoms with E-state index in [4.69, 9.17) is 4.98 Å². The minimum Gasteiger partial charge on any atom is -0.325 e. The lowest BCUT2D eigenvalue weighted by molar-refractivity contribution is -0.113. The van der Waals surface area contributed by atoms with Crippen LogP contribution in [-0.2, 0) is 4.79 Å². The van der Waals surface area contributed by atoms with E-state index in [-0.39, 0.29) is 23.0 Å². The van der Waals surface area contributed by atoms with Crippen molar-refractivity contribution in [3.63, 3.8) is 0 Å². The van der Waals surface area contributed by atoms with Gasteiger partial charge in [0.1, 0.15) is 0 Å². The van der Waals surface area contributed by atoms with E-state index < -0.39 is 0 Å². The summed E-state index contributed by atoms with van der Waals surface area (Å²) in [5, 5.41) is 3.75. The highest BCUT2D eigenvalue weighted by molar-refractivity contribution is 7.99. The number of hydrogen-bond donors (Lipinski definition) is 1. The third kappa shape index (κ3) is 4.59. The predicted octanol–water partition coefficient (Wildman–Crippen LogP) is 4.94. The SMILES string of the molecule is CC(=O)c1ccccc1NC(=O)CSc1nc2ccccc2c(=O)n1-c1c(C)cccc1C. The molecule has 0 aliphatic rings. The van der Waals surface area contributed by atoms with Crippen molar-refractivity contribution < 1.29 is 9.59 Å². The van der Waals surface area contributed by atoms with Crippen molar-refractivity contribution in [2.45, 2.75) is 25.9 Å². The van der Waals surface area contributed by atoms with Gasteiger partial charge in [-0.1, -0.05) is 54.2 Å². The Hall–Kier alpha value is -3.71. The van der Waals surface area contributed by atoms with Crippen molar-refractivity contribution in [3.05, 3.63) is 93.8 Å². The molecule has 0 saturated heterocycles. The van der Waals surface area contributed by atoms with Crippen LogP contribution in [0.15, 0.2) is 76.7 Å². The molecule has 0 aliphatic heterocycles. The molecule has 1 amide bonds. The number of carbonyl (C=O) groups excluding carboxylic acids is 2. The van der Waals surface area contributed by atoms with Gasteiger partial charge in [-0.25, -0.2) is 4.98 Å². The number of aromatic nitrogens is 2. The molecule has 1 heterocycles. The minimum atomic E-state index is -0.288. The Kier molecular flexibility index (Phi) is 6.42. The highest BCUT2D eigenvalue weighted by Crippen LogP contribution is 2.26. The summed E-state index contributed by atoms with van der Waals surface area (Å²) in [6.07, 6.45) is 0. The van der Waals surface area contributed by atoms with Crippen molar-refractivity contribution in [3.8, 4) is 5.69 Å². The molecule has 6 nitrogen and oxygen atoms in total. The number of benzene rings is 3. The molecule has 0 fully saturated rings. The molecule has 0 aliphatic carbocycles. The van der Waals surface area contributed by atoms with Crippen LogP contribution in [0.4, 0.5) is 5.69 Å². The van der Waals surface area contributed by atoms with Gasteiger partial charge in [-0.05, 0) is 56.2 Å². The first-order valence-electron chi connectivity index (χ1n) is 10.5. The zero-order valence-corrected chi connectivity index (χ0v) is 19.4. The van der Waals surface area contributed by atoms with Crippen molar-refractivity contribution in [1.82, 2.24) is 9.55 Å². The number of rotatable bonds is 6. The Balaban J connectivity index is 1.72. The van der Waals surface area contributed by atoms with Gasteiger partial charge >= 0.3 is 0 Å². The topological polar surface area (TPSA) is 81.1 Å². The maximum absolute atomic E-state index is 13.5. The highest BCUT2D eigenvalue weighted by atomic mass is 32.2. The summed E-state index contributed by atoms with van der Waals surface area (Å²) in [7, 11) is 0. The van der Waals surface area contributed by atoms with E-state index in [1.165, 1.54) is 18.7 Å². The molecule has 0 saturated carbocycles. The summed E-state index contributed by atoms with van der Waals surface area (Å²) in [6.45, 7) is 5.36. The summed E-state index contributed by atoms with van der Waals surface area (Å²) in [5.41, 5.74) is 3.97. The second kappa shape index (κ2) is 9.42. The third-order valence-corrected chi connectivity index (χ3v) is 6.26. The molecule has 33 heavy (non-hydrogen) atoms. The largest absolute Gasteiger partial charge is 0.325 e. The molecule has 0 spiro atoms. The number of hydrogen-bond acceptors (Lipinski definition) is 5. The Morgan fingerprint density at radius 3 is 2.33 bits per heavy atom. The van der Waals surface area contributed by atoms with E-state index in [1.54, 1.807) is 41.0 Å². The molecule has 0 atom stereocenters. The summed E-state index contributed by atoms with van der Waals surface area (Å²) in [4.78, 5) is 42.8. The standard InChI is InChI=1S/C26H23N3O3S/c1-16-9-8-10-17(2)24(16)29-25(32)20-12-5-7-14-22(20)28-26(29)33-15-23(31)27-21-13-6-4-11-19(21)18(3)30/h4-14H,15H2,1-3H3,(H,27,31). The summed E-state index contributed by atoms with van der Waals surface area (Å²) >= 11 is 1.18. The summed E-state index contributed by atoms with van der Waals surface area (Å²) in [5.74, 6) is -0.384. The summed E-state index contributed by atoms with van der Waals surface area (Å²) in [6, 6.07) is 19.9. The van der Waals surface area contributed by atoms with Gasteiger partial charge in [0, 0.05) is 5.56 Å². The minimum absolute atomic E-state index is 0.0297. The third-order valence-electron chi connectivity index (χ3n) is 5.32. The first-order chi connectivity index (χ1) is 15.9. The molecule has 0 bridgehead atoms. The van der Waals surface area contributed by atoms with Crippen LogP contribution < -0.4 is 10.9 Å². The number of para-hydroxylation sites is 3. The number of anilines is 1. The molecule has 4 aromatic rings. The zero-order valence-electron chi connectivity index (χ0n) is 18.6. The monoisotopic (exact) mass is 457 g/mol. The number of nitrogens with one attached hydrogen (secondary N) is 1. The van der Waals surface area contributed by atoms with Gasteiger partial charge in [0.15, 0.2) is 10.9 Å². The first-order valence-corrected chi connectivity index (χ1v) is 11.5. The Morgan fingerprint density at radius 2 is 1.61 bits per heavy atom. The summed E-state index contributed by atoms with van der Waals surface area (Å²) < 4.78 is 1.59. The van der Waals surface area contributed by atoms with Crippen LogP contribution in [0.3, 0.4) is 0 Å². The van der Waals surface area contributed by atoms with Crippen LogP contribution in [-0.4, -0.2) is 27.0 Å². The number of nitrogens with zero attached hydrogens (tertiary/aromatic N) is 2. The van der Waals surface area contributed by atoms with Crippen LogP contribution in [0.5, 0.6) is 0 Å². The average Bonchev–Trinajstić information content (AvgIpc) is 2.79. The molecule has 0 radical (unpaired) electrons. The van der Waals surface area contributed by atoms with Crippen LogP contribution in [0, 0.1) is 13.8 Å². The molecular formula is C26H23N3O3S. The van der Waals surface area contributed by atoms with Gasteiger partial charge in [0.05, 0.1) is 28.0 Å². The van der Waals surface area contributed by atoms with E-state index in [2.05, 4.69) is 5.32 Å². The fourth-order valence-electron chi connectivity index (χ4n) is 3.78. The lowest BCUT2D eigenvalue weighted by atomic mass is 10.1.